The highest BCUT2D eigenvalue weighted by molar-refractivity contribution is 5.92. The molecule has 0 radical (unpaired) electrons. The monoisotopic (exact) mass is 317 g/mol. The molecule has 23 heavy (non-hydrogen) atoms. The number of hydrogen-bond donors (Lipinski definition) is 0. The van der Waals surface area contributed by atoms with Crippen LogP contribution in [0.4, 0.5) is 0 Å². The first-order valence-corrected chi connectivity index (χ1v) is 8.76. The summed E-state index contributed by atoms with van der Waals surface area (Å²) in [4.78, 5) is 23.1. The number of carbonyl (C=O) groups is 1. The van der Waals surface area contributed by atoms with Gasteiger partial charge < -0.3 is 9.64 Å². The molecule has 3 rings (SSSR count). The van der Waals surface area contributed by atoms with E-state index in [2.05, 4.69) is 16.9 Å². The molecule has 0 N–H and O–H groups in total. The fourth-order valence-corrected chi connectivity index (χ4v) is 4.40. The summed E-state index contributed by atoms with van der Waals surface area (Å²) in [5, 5.41) is 0. The fraction of sp³-hybridized carbons (Fsp3) is 0.722. The second-order valence-electron chi connectivity index (χ2n) is 6.95. The van der Waals surface area contributed by atoms with Crippen molar-refractivity contribution < 1.29 is 9.53 Å². The van der Waals surface area contributed by atoms with Crippen LogP contribution in [0.1, 0.15) is 61.6 Å². The summed E-state index contributed by atoms with van der Waals surface area (Å²) in [6, 6.07) is 0.259. The predicted octanol–water partition coefficient (Wildman–Crippen LogP) is 2.98. The average molecular weight is 317 g/mol. The van der Waals surface area contributed by atoms with Crippen molar-refractivity contribution >= 4 is 5.91 Å². The minimum atomic E-state index is -0.0256. The van der Waals surface area contributed by atoms with Crippen molar-refractivity contribution in [1.29, 1.82) is 0 Å². The lowest BCUT2D eigenvalue weighted by atomic mass is 9.54. The highest BCUT2D eigenvalue weighted by Crippen LogP contribution is 2.55. The van der Waals surface area contributed by atoms with Crippen LogP contribution in [0.3, 0.4) is 0 Å². The molecule has 1 amide bonds. The summed E-state index contributed by atoms with van der Waals surface area (Å²) >= 11 is 0. The van der Waals surface area contributed by atoms with E-state index in [1.54, 1.807) is 12.4 Å². The summed E-state index contributed by atoms with van der Waals surface area (Å²) in [5.41, 5.74) is 1.41. The van der Waals surface area contributed by atoms with Gasteiger partial charge in [0, 0.05) is 31.3 Å². The third-order valence-corrected chi connectivity index (χ3v) is 5.68. The van der Waals surface area contributed by atoms with Gasteiger partial charge in [-0.15, -0.1) is 0 Å². The second-order valence-corrected chi connectivity index (χ2v) is 6.95. The Morgan fingerprint density at radius 1 is 1.30 bits per heavy atom. The van der Waals surface area contributed by atoms with E-state index in [-0.39, 0.29) is 17.4 Å². The summed E-state index contributed by atoms with van der Waals surface area (Å²) in [6.45, 7) is 4.68. The molecule has 1 heterocycles. The average Bonchev–Trinajstić information content (AvgIpc) is 2.58. The van der Waals surface area contributed by atoms with Gasteiger partial charge in [0.25, 0.3) is 5.91 Å². The molecular weight excluding hydrogens is 290 g/mol. The number of rotatable bonds is 4. The van der Waals surface area contributed by atoms with Crippen LogP contribution in [0.5, 0.6) is 0 Å². The molecule has 2 fully saturated rings. The van der Waals surface area contributed by atoms with Crippen LogP contribution in [0, 0.1) is 12.3 Å². The van der Waals surface area contributed by atoms with E-state index in [9.17, 15) is 4.79 Å². The maximum Gasteiger partial charge on any atom is 0.274 e. The normalized spacial score (nSPS) is 25.9. The van der Waals surface area contributed by atoms with Crippen LogP contribution in [-0.2, 0) is 4.74 Å². The number of amides is 1. The SMILES string of the molecule is CCO[C@@H]1C[C@@H](N(C)C(=O)c2cnc(C)cn2)C12CCCCC2. The van der Waals surface area contributed by atoms with E-state index in [4.69, 9.17) is 4.74 Å². The van der Waals surface area contributed by atoms with Gasteiger partial charge in [-0.3, -0.25) is 9.78 Å². The van der Waals surface area contributed by atoms with Crippen molar-refractivity contribution in [3.05, 3.63) is 23.8 Å². The third kappa shape index (κ3) is 2.87. The highest BCUT2D eigenvalue weighted by Gasteiger charge is 2.57. The Bertz CT molecular complexity index is 552. The van der Waals surface area contributed by atoms with Crippen LogP contribution in [0.15, 0.2) is 12.4 Å². The molecule has 1 spiro atoms. The van der Waals surface area contributed by atoms with E-state index < -0.39 is 0 Å². The molecule has 1 aromatic rings. The summed E-state index contributed by atoms with van der Waals surface area (Å²) in [6.07, 6.45) is 10.6. The first kappa shape index (κ1) is 16.4. The van der Waals surface area contributed by atoms with Gasteiger partial charge in [-0.25, -0.2) is 4.98 Å². The maximum atomic E-state index is 12.8. The molecule has 2 saturated carbocycles. The van der Waals surface area contributed by atoms with E-state index in [1.165, 1.54) is 32.1 Å². The molecule has 5 heteroatoms. The molecule has 0 saturated heterocycles. The van der Waals surface area contributed by atoms with Crippen molar-refractivity contribution in [2.24, 2.45) is 5.41 Å². The number of aryl methyl sites for hydroxylation is 1. The van der Waals surface area contributed by atoms with Crippen molar-refractivity contribution in [2.45, 2.75) is 64.5 Å². The van der Waals surface area contributed by atoms with Gasteiger partial charge >= 0.3 is 0 Å². The largest absolute Gasteiger partial charge is 0.378 e. The van der Waals surface area contributed by atoms with E-state index in [0.717, 1.165) is 18.7 Å². The van der Waals surface area contributed by atoms with Gasteiger partial charge in [-0.2, -0.15) is 0 Å². The van der Waals surface area contributed by atoms with Crippen LogP contribution in [-0.4, -0.2) is 46.6 Å². The van der Waals surface area contributed by atoms with E-state index in [1.807, 2.05) is 18.9 Å². The molecule has 0 aliphatic heterocycles. The topological polar surface area (TPSA) is 55.3 Å². The molecule has 2 aliphatic carbocycles. The van der Waals surface area contributed by atoms with Gasteiger partial charge in [0.1, 0.15) is 5.69 Å². The fourth-order valence-electron chi connectivity index (χ4n) is 4.40. The Hall–Kier alpha value is -1.49. The first-order chi connectivity index (χ1) is 11.1. The standard InChI is InChI=1S/C18H27N3O2/c1-4-23-16-10-15(18(16)8-6-5-7-9-18)21(3)17(22)14-12-19-13(2)11-20-14/h11-12,15-16H,4-10H2,1-3H3/t15-,16-/m1/s1. The molecule has 2 aliphatic rings. The van der Waals surface area contributed by atoms with Crippen molar-refractivity contribution in [2.75, 3.05) is 13.7 Å². The van der Waals surface area contributed by atoms with Crippen LogP contribution in [0.2, 0.25) is 0 Å². The molecular formula is C18H27N3O2. The van der Waals surface area contributed by atoms with Gasteiger partial charge in [0.05, 0.1) is 18.0 Å². The van der Waals surface area contributed by atoms with Gasteiger partial charge in [0.2, 0.25) is 0 Å². The van der Waals surface area contributed by atoms with Crippen LogP contribution < -0.4 is 0 Å². The lowest BCUT2D eigenvalue weighted by Crippen LogP contribution is -2.65. The number of hydrogen-bond acceptors (Lipinski definition) is 4. The predicted molar refractivity (Wildman–Crippen MR) is 88.2 cm³/mol. The zero-order chi connectivity index (χ0) is 16.4. The smallest absolute Gasteiger partial charge is 0.274 e. The van der Waals surface area contributed by atoms with Gasteiger partial charge in [0.15, 0.2) is 0 Å². The van der Waals surface area contributed by atoms with E-state index >= 15 is 0 Å². The Morgan fingerprint density at radius 3 is 2.65 bits per heavy atom. The Labute approximate surface area is 138 Å². The minimum Gasteiger partial charge on any atom is -0.378 e. The van der Waals surface area contributed by atoms with Crippen molar-refractivity contribution in [1.82, 2.24) is 14.9 Å². The first-order valence-electron chi connectivity index (χ1n) is 8.76. The number of nitrogens with zero attached hydrogens (tertiary/aromatic N) is 3. The molecule has 2 atom stereocenters. The zero-order valence-electron chi connectivity index (χ0n) is 14.4. The highest BCUT2D eigenvalue weighted by atomic mass is 16.5. The molecule has 0 bridgehead atoms. The Kier molecular flexibility index (Phi) is 4.67. The van der Waals surface area contributed by atoms with Crippen molar-refractivity contribution in [3.63, 3.8) is 0 Å². The number of carbonyl (C=O) groups excluding carboxylic acids is 1. The molecule has 0 unspecified atom stereocenters. The lowest BCUT2D eigenvalue weighted by molar-refractivity contribution is -0.170. The lowest BCUT2D eigenvalue weighted by Gasteiger charge is -2.60. The quantitative estimate of drug-likeness (QED) is 0.856. The number of aromatic nitrogens is 2. The summed E-state index contributed by atoms with van der Waals surface area (Å²) in [5.74, 6) is -0.0256. The summed E-state index contributed by atoms with van der Waals surface area (Å²) in [7, 11) is 1.91. The Balaban J connectivity index is 1.77. The molecule has 1 aromatic heterocycles. The zero-order valence-corrected chi connectivity index (χ0v) is 14.4. The van der Waals surface area contributed by atoms with Gasteiger partial charge in [-0.05, 0) is 33.1 Å². The molecule has 5 nitrogen and oxygen atoms in total. The van der Waals surface area contributed by atoms with Crippen LogP contribution in [0.25, 0.3) is 0 Å². The minimum absolute atomic E-state index is 0.0256. The molecule has 0 aromatic carbocycles. The third-order valence-electron chi connectivity index (χ3n) is 5.68. The van der Waals surface area contributed by atoms with Crippen molar-refractivity contribution in [3.8, 4) is 0 Å². The van der Waals surface area contributed by atoms with Crippen LogP contribution >= 0.6 is 0 Å². The Morgan fingerprint density at radius 2 is 2.04 bits per heavy atom. The van der Waals surface area contributed by atoms with E-state index in [0.29, 0.717) is 11.8 Å². The second kappa shape index (κ2) is 6.56. The molecule has 126 valence electrons. The number of ether oxygens (including phenoxy) is 1. The summed E-state index contributed by atoms with van der Waals surface area (Å²) < 4.78 is 5.99. The maximum absolute atomic E-state index is 12.8. The van der Waals surface area contributed by atoms with Gasteiger partial charge in [-0.1, -0.05) is 19.3 Å².